The van der Waals surface area contributed by atoms with E-state index < -0.39 is 0 Å². The number of hydrogen-bond donors (Lipinski definition) is 2. The number of aromatic nitrogens is 2. The quantitative estimate of drug-likeness (QED) is 0.580. The summed E-state index contributed by atoms with van der Waals surface area (Å²) in [4.78, 5) is 9.27. The first kappa shape index (κ1) is 18.2. The smallest absolute Gasteiger partial charge is 0.163 e. The molecule has 0 saturated carbocycles. The number of ether oxygens (including phenoxy) is 1. The van der Waals surface area contributed by atoms with Crippen LogP contribution in [0, 0.1) is 6.92 Å². The molecule has 6 heteroatoms. The van der Waals surface area contributed by atoms with Crippen LogP contribution in [0.1, 0.15) is 5.56 Å². The second-order valence-corrected chi connectivity index (χ2v) is 6.19. The van der Waals surface area contributed by atoms with Gasteiger partial charge in [0, 0.05) is 36.0 Å². The Morgan fingerprint density at radius 3 is 2.54 bits per heavy atom. The van der Waals surface area contributed by atoms with E-state index in [0.717, 1.165) is 22.6 Å². The Bertz CT molecular complexity index is 871. The highest BCUT2D eigenvalue weighted by Gasteiger charge is 2.09. The second kappa shape index (κ2) is 8.65. The van der Waals surface area contributed by atoms with Gasteiger partial charge in [-0.15, -0.1) is 0 Å². The minimum Gasteiger partial charge on any atom is -0.383 e. The number of rotatable bonds is 7. The van der Waals surface area contributed by atoms with Gasteiger partial charge in [-0.2, -0.15) is 0 Å². The van der Waals surface area contributed by atoms with Crippen LogP contribution in [-0.2, 0) is 4.74 Å². The topological polar surface area (TPSA) is 59.1 Å². The number of anilines is 3. The minimum atomic E-state index is 0.598. The standard InChI is InChI=1S/C20H21ClN4O/c1-14-16(21)9-6-10-17(14)23-19-13-18(22-11-12-26-2)24-20(25-19)15-7-4-3-5-8-15/h3-10,13H,11-12H2,1-2H3,(H2,22,23,24,25). The number of hydrogen-bond acceptors (Lipinski definition) is 5. The third-order valence-corrected chi connectivity index (χ3v) is 4.31. The normalized spacial score (nSPS) is 10.6. The van der Waals surface area contributed by atoms with E-state index in [0.29, 0.717) is 29.8 Å². The molecule has 0 bridgehead atoms. The van der Waals surface area contributed by atoms with Gasteiger partial charge >= 0.3 is 0 Å². The molecule has 2 N–H and O–H groups in total. The average molecular weight is 369 g/mol. The number of halogens is 1. The van der Waals surface area contributed by atoms with Gasteiger partial charge in [0.1, 0.15) is 11.6 Å². The number of nitrogens with one attached hydrogen (secondary N) is 2. The summed E-state index contributed by atoms with van der Waals surface area (Å²) in [5, 5.41) is 7.33. The molecule has 0 amide bonds. The first-order valence-electron chi connectivity index (χ1n) is 8.37. The third kappa shape index (κ3) is 4.50. The van der Waals surface area contributed by atoms with Crippen molar-refractivity contribution in [1.29, 1.82) is 0 Å². The molecule has 1 heterocycles. The highest BCUT2D eigenvalue weighted by Crippen LogP contribution is 2.27. The van der Waals surface area contributed by atoms with Crippen LogP contribution in [0.15, 0.2) is 54.6 Å². The molecule has 0 aliphatic carbocycles. The van der Waals surface area contributed by atoms with Crippen molar-refractivity contribution in [2.75, 3.05) is 30.9 Å². The zero-order valence-electron chi connectivity index (χ0n) is 14.8. The van der Waals surface area contributed by atoms with Gasteiger partial charge in [-0.3, -0.25) is 0 Å². The molecular formula is C20H21ClN4O. The molecule has 134 valence electrons. The molecule has 0 unspecified atom stereocenters. The van der Waals surface area contributed by atoms with Crippen molar-refractivity contribution < 1.29 is 4.74 Å². The first-order chi connectivity index (χ1) is 12.7. The Kier molecular flexibility index (Phi) is 6.04. The van der Waals surface area contributed by atoms with Crippen LogP contribution in [0.25, 0.3) is 11.4 Å². The van der Waals surface area contributed by atoms with Gasteiger partial charge in [0.2, 0.25) is 0 Å². The van der Waals surface area contributed by atoms with Crippen molar-refractivity contribution in [3.8, 4) is 11.4 Å². The summed E-state index contributed by atoms with van der Waals surface area (Å²) >= 11 is 6.22. The maximum atomic E-state index is 6.22. The minimum absolute atomic E-state index is 0.598. The van der Waals surface area contributed by atoms with Crippen molar-refractivity contribution in [3.05, 3.63) is 65.2 Å². The van der Waals surface area contributed by atoms with Crippen LogP contribution in [0.4, 0.5) is 17.3 Å². The van der Waals surface area contributed by atoms with Gasteiger partial charge < -0.3 is 15.4 Å². The lowest BCUT2D eigenvalue weighted by Gasteiger charge is -2.13. The Labute approximate surface area is 158 Å². The number of methoxy groups -OCH3 is 1. The van der Waals surface area contributed by atoms with Crippen molar-refractivity contribution in [3.63, 3.8) is 0 Å². The van der Waals surface area contributed by atoms with Gasteiger partial charge in [0.25, 0.3) is 0 Å². The molecule has 26 heavy (non-hydrogen) atoms. The van der Waals surface area contributed by atoms with Crippen LogP contribution in [0.5, 0.6) is 0 Å². The highest BCUT2D eigenvalue weighted by atomic mass is 35.5. The predicted octanol–water partition coefficient (Wildman–Crippen LogP) is 4.91. The summed E-state index contributed by atoms with van der Waals surface area (Å²) in [6.45, 7) is 3.24. The molecular weight excluding hydrogens is 348 g/mol. The van der Waals surface area contributed by atoms with Gasteiger partial charge in [0.15, 0.2) is 5.82 Å². The molecule has 0 saturated heterocycles. The maximum Gasteiger partial charge on any atom is 0.163 e. The maximum absolute atomic E-state index is 6.22. The SMILES string of the molecule is COCCNc1cc(Nc2cccc(Cl)c2C)nc(-c2ccccc2)n1. The molecule has 0 spiro atoms. The van der Waals surface area contributed by atoms with E-state index in [1.54, 1.807) is 7.11 Å². The summed E-state index contributed by atoms with van der Waals surface area (Å²) in [5.41, 5.74) is 2.84. The zero-order valence-corrected chi connectivity index (χ0v) is 15.5. The van der Waals surface area contributed by atoms with Crippen LogP contribution < -0.4 is 10.6 Å². The molecule has 3 rings (SSSR count). The van der Waals surface area contributed by atoms with Crippen molar-refractivity contribution in [2.45, 2.75) is 6.92 Å². The van der Waals surface area contributed by atoms with E-state index in [4.69, 9.17) is 16.3 Å². The summed E-state index contributed by atoms with van der Waals surface area (Å²) in [6, 6.07) is 17.5. The molecule has 0 aliphatic heterocycles. The van der Waals surface area contributed by atoms with Crippen LogP contribution in [0.2, 0.25) is 5.02 Å². The Balaban J connectivity index is 1.95. The molecule has 2 aromatic carbocycles. The first-order valence-corrected chi connectivity index (χ1v) is 8.74. The number of benzene rings is 2. The fraction of sp³-hybridized carbons (Fsp3) is 0.200. The van der Waals surface area contributed by atoms with Gasteiger partial charge in [0.05, 0.1) is 6.61 Å². The van der Waals surface area contributed by atoms with E-state index in [-0.39, 0.29) is 0 Å². The molecule has 5 nitrogen and oxygen atoms in total. The lowest BCUT2D eigenvalue weighted by Crippen LogP contribution is -2.10. The van der Waals surface area contributed by atoms with Crippen molar-refractivity contribution in [1.82, 2.24) is 9.97 Å². The van der Waals surface area contributed by atoms with E-state index in [1.165, 1.54) is 0 Å². The van der Waals surface area contributed by atoms with Crippen LogP contribution in [-0.4, -0.2) is 30.2 Å². The second-order valence-electron chi connectivity index (χ2n) is 5.79. The fourth-order valence-corrected chi connectivity index (χ4v) is 2.65. The Morgan fingerprint density at radius 2 is 1.77 bits per heavy atom. The van der Waals surface area contributed by atoms with E-state index >= 15 is 0 Å². The Morgan fingerprint density at radius 1 is 1.00 bits per heavy atom. The molecule has 0 atom stereocenters. The molecule has 1 aromatic heterocycles. The molecule has 3 aromatic rings. The molecule has 0 radical (unpaired) electrons. The zero-order chi connectivity index (χ0) is 18.4. The lowest BCUT2D eigenvalue weighted by atomic mass is 10.2. The third-order valence-electron chi connectivity index (χ3n) is 3.90. The van der Waals surface area contributed by atoms with Gasteiger partial charge in [-0.1, -0.05) is 48.0 Å². The number of nitrogens with zero attached hydrogens (tertiary/aromatic N) is 2. The largest absolute Gasteiger partial charge is 0.383 e. The van der Waals surface area contributed by atoms with Crippen LogP contribution >= 0.6 is 11.6 Å². The van der Waals surface area contributed by atoms with Gasteiger partial charge in [-0.05, 0) is 24.6 Å². The summed E-state index contributed by atoms with van der Waals surface area (Å²) < 4.78 is 5.10. The average Bonchev–Trinajstić information content (AvgIpc) is 2.66. The van der Waals surface area contributed by atoms with E-state index in [9.17, 15) is 0 Å². The highest BCUT2D eigenvalue weighted by molar-refractivity contribution is 6.31. The van der Waals surface area contributed by atoms with Crippen molar-refractivity contribution >= 4 is 28.9 Å². The fourth-order valence-electron chi connectivity index (χ4n) is 2.48. The summed E-state index contributed by atoms with van der Waals surface area (Å²) in [7, 11) is 1.67. The summed E-state index contributed by atoms with van der Waals surface area (Å²) in [5.74, 6) is 2.08. The van der Waals surface area contributed by atoms with E-state index in [2.05, 4.69) is 20.6 Å². The Hall–Kier alpha value is -2.63. The van der Waals surface area contributed by atoms with E-state index in [1.807, 2.05) is 61.5 Å². The van der Waals surface area contributed by atoms with Gasteiger partial charge in [-0.25, -0.2) is 9.97 Å². The predicted molar refractivity (Wildman–Crippen MR) is 107 cm³/mol. The summed E-state index contributed by atoms with van der Waals surface area (Å²) in [6.07, 6.45) is 0. The monoisotopic (exact) mass is 368 g/mol. The molecule has 0 aliphatic rings. The lowest BCUT2D eigenvalue weighted by molar-refractivity contribution is 0.210. The van der Waals surface area contributed by atoms with Crippen molar-refractivity contribution in [2.24, 2.45) is 0 Å². The molecule has 0 fully saturated rings. The van der Waals surface area contributed by atoms with Crippen LogP contribution in [0.3, 0.4) is 0 Å².